The molecule has 1 fully saturated rings. The van der Waals surface area contributed by atoms with E-state index in [9.17, 15) is 18.0 Å². The molecule has 2 aromatic rings. The van der Waals surface area contributed by atoms with Gasteiger partial charge in [0.2, 0.25) is 11.7 Å². The van der Waals surface area contributed by atoms with Gasteiger partial charge >= 0.3 is 6.18 Å². The lowest BCUT2D eigenvalue weighted by Gasteiger charge is -2.12. The summed E-state index contributed by atoms with van der Waals surface area (Å²) in [6, 6.07) is 0. The average Bonchev–Trinajstić information content (AvgIpc) is 3.15. The van der Waals surface area contributed by atoms with Gasteiger partial charge in [-0.25, -0.2) is 9.97 Å². The number of nitrogens with one attached hydrogen (secondary N) is 1. The van der Waals surface area contributed by atoms with E-state index in [2.05, 4.69) is 19.9 Å². The topological polar surface area (TPSA) is 85.2 Å². The van der Waals surface area contributed by atoms with Crippen LogP contribution in [0, 0.1) is 0 Å². The second kappa shape index (κ2) is 7.06. The van der Waals surface area contributed by atoms with Crippen LogP contribution in [0.25, 0.3) is 11.2 Å². The van der Waals surface area contributed by atoms with Crippen LogP contribution in [-0.4, -0.2) is 69.3 Å². The summed E-state index contributed by atoms with van der Waals surface area (Å²) in [6.45, 7) is 2.26. The zero-order valence-corrected chi connectivity index (χ0v) is 14.4. The number of aromatic nitrogens is 4. The van der Waals surface area contributed by atoms with Crippen molar-refractivity contribution < 1.29 is 22.7 Å². The molecule has 0 aliphatic carbocycles. The van der Waals surface area contributed by atoms with Crippen LogP contribution in [0.1, 0.15) is 24.0 Å². The third-order valence-corrected chi connectivity index (χ3v) is 4.09. The highest BCUT2D eigenvalue weighted by molar-refractivity contribution is 5.94. The molecule has 1 saturated heterocycles. The minimum atomic E-state index is -4.50. The number of ether oxygens (including phenoxy) is 1. The van der Waals surface area contributed by atoms with Gasteiger partial charge in [0.15, 0.2) is 11.2 Å². The lowest BCUT2D eigenvalue weighted by molar-refractivity contribution is -0.123. The van der Waals surface area contributed by atoms with E-state index in [0.717, 1.165) is 19.5 Å². The fourth-order valence-electron chi connectivity index (χ4n) is 2.88. The molecule has 0 bridgehead atoms. The molecule has 142 valence electrons. The van der Waals surface area contributed by atoms with E-state index < -0.39 is 18.6 Å². The van der Waals surface area contributed by atoms with Crippen LogP contribution in [-0.2, 0) is 6.54 Å². The Morgan fingerprint density at radius 1 is 1.42 bits per heavy atom. The van der Waals surface area contributed by atoms with Gasteiger partial charge < -0.3 is 19.5 Å². The highest BCUT2D eigenvalue weighted by Crippen LogP contribution is 2.25. The number of hydrogen-bond donors (Lipinski definition) is 1. The minimum Gasteiger partial charge on any atom is -0.471 e. The summed E-state index contributed by atoms with van der Waals surface area (Å²) in [6.07, 6.45) is -2.44. The van der Waals surface area contributed by atoms with E-state index >= 15 is 0 Å². The maximum absolute atomic E-state index is 12.4. The van der Waals surface area contributed by atoms with Crippen molar-refractivity contribution in [2.45, 2.75) is 32.2 Å². The number of likely N-dealkylation sites (N-methyl/N-ethyl adjacent to an activating group) is 1. The molecule has 1 amide bonds. The van der Waals surface area contributed by atoms with Crippen LogP contribution in [0.2, 0.25) is 0 Å². The van der Waals surface area contributed by atoms with Gasteiger partial charge in [-0.3, -0.25) is 4.79 Å². The fraction of sp³-hybridized carbons (Fsp3) is 0.600. The molecule has 8 nitrogen and oxygen atoms in total. The standard InChI is InChI=1S/C15H19F3N6O2/c1-3-24-11-10(22-12(24)13(25)19-7-15(16,17)18)14(21-8-20-11)26-9-4-5-23(2)6-9/h8-9H,3-7H2,1-2H3,(H,19,25). The molecule has 1 unspecified atom stereocenters. The Labute approximate surface area is 147 Å². The van der Waals surface area contributed by atoms with Gasteiger partial charge in [0.05, 0.1) is 0 Å². The average molecular weight is 372 g/mol. The molecule has 3 heterocycles. The molecule has 3 rings (SSSR count). The Bertz CT molecular complexity index is 807. The van der Waals surface area contributed by atoms with E-state index in [0.29, 0.717) is 12.2 Å². The van der Waals surface area contributed by atoms with Gasteiger partial charge in [0.25, 0.3) is 5.91 Å². The van der Waals surface area contributed by atoms with Crippen molar-refractivity contribution in [3.05, 3.63) is 12.2 Å². The maximum atomic E-state index is 12.4. The lowest BCUT2D eigenvalue weighted by atomic mass is 10.3. The van der Waals surface area contributed by atoms with Crippen molar-refractivity contribution >= 4 is 17.1 Å². The summed E-state index contributed by atoms with van der Waals surface area (Å²) in [5, 5.41) is 1.83. The number of carbonyl (C=O) groups is 1. The Morgan fingerprint density at radius 2 is 2.19 bits per heavy atom. The first-order valence-electron chi connectivity index (χ1n) is 8.20. The smallest absolute Gasteiger partial charge is 0.405 e. The monoisotopic (exact) mass is 372 g/mol. The fourth-order valence-corrected chi connectivity index (χ4v) is 2.88. The number of amides is 1. The summed E-state index contributed by atoms with van der Waals surface area (Å²) < 4.78 is 44.4. The van der Waals surface area contributed by atoms with Crippen LogP contribution in [0.3, 0.4) is 0 Å². The number of rotatable bonds is 5. The number of carbonyl (C=O) groups excluding carboxylic acids is 1. The lowest BCUT2D eigenvalue weighted by Crippen LogP contribution is -2.35. The number of alkyl halides is 3. The van der Waals surface area contributed by atoms with Crippen molar-refractivity contribution in [2.75, 3.05) is 26.7 Å². The molecule has 1 aliphatic rings. The molecular formula is C15H19F3N6O2. The minimum absolute atomic E-state index is 0.0626. The third-order valence-electron chi connectivity index (χ3n) is 4.09. The number of likely N-dealkylation sites (tertiary alicyclic amines) is 1. The Kier molecular flexibility index (Phi) is 4.99. The number of aryl methyl sites for hydroxylation is 1. The van der Waals surface area contributed by atoms with Crippen molar-refractivity contribution in [3.8, 4) is 5.88 Å². The van der Waals surface area contributed by atoms with Crippen molar-refractivity contribution in [2.24, 2.45) is 0 Å². The summed E-state index contributed by atoms with van der Waals surface area (Å²) in [7, 11) is 1.98. The quantitative estimate of drug-likeness (QED) is 0.850. The van der Waals surface area contributed by atoms with Gasteiger partial charge in [-0.2, -0.15) is 18.2 Å². The highest BCUT2D eigenvalue weighted by Gasteiger charge is 2.30. The van der Waals surface area contributed by atoms with E-state index in [1.807, 2.05) is 12.4 Å². The second-order valence-electron chi connectivity index (χ2n) is 6.12. The first kappa shape index (κ1) is 18.4. The van der Waals surface area contributed by atoms with Crippen LogP contribution >= 0.6 is 0 Å². The highest BCUT2D eigenvalue weighted by atomic mass is 19.4. The SMILES string of the molecule is CCn1c(C(=O)NCC(F)(F)F)nc2c(OC3CCN(C)C3)ncnc21. The van der Waals surface area contributed by atoms with Crippen molar-refractivity contribution in [3.63, 3.8) is 0 Å². The molecule has 2 aromatic heterocycles. The van der Waals surface area contributed by atoms with E-state index in [-0.39, 0.29) is 23.3 Å². The summed E-state index contributed by atoms with van der Waals surface area (Å²) in [5.74, 6) is -0.846. The van der Waals surface area contributed by atoms with Crippen LogP contribution in [0.4, 0.5) is 13.2 Å². The first-order valence-corrected chi connectivity index (χ1v) is 8.20. The first-order chi connectivity index (χ1) is 12.3. The van der Waals surface area contributed by atoms with E-state index in [1.165, 1.54) is 10.9 Å². The van der Waals surface area contributed by atoms with Crippen LogP contribution < -0.4 is 10.1 Å². The maximum Gasteiger partial charge on any atom is 0.405 e. The largest absolute Gasteiger partial charge is 0.471 e. The Hall–Kier alpha value is -2.43. The molecule has 1 aliphatic heterocycles. The molecule has 1 N–H and O–H groups in total. The van der Waals surface area contributed by atoms with Crippen LogP contribution in [0.5, 0.6) is 5.88 Å². The van der Waals surface area contributed by atoms with Gasteiger partial charge in [-0.1, -0.05) is 0 Å². The molecule has 11 heteroatoms. The number of fused-ring (bicyclic) bond motifs is 1. The summed E-state index contributed by atoms with van der Waals surface area (Å²) in [4.78, 5) is 26.6. The zero-order chi connectivity index (χ0) is 18.9. The molecule has 0 radical (unpaired) electrons. The number of imidazole rings is 1. The van der Waals surface area contributed by atoms with Gasteiger partial charge in [-0.05, 0) is 20.4 Å². The Morgan fingerprint density at radius 3 is 2.81 bits per heavy atom. The molecule has 0 spiro atoms. The van der Waals surface area contributed by atoms with Crippen LogP contribution in [0.15, 0.2) is 6.33 Å². The van der Waals surface area contributed by atoms with Gasteiger partial charge in [0.1, 0.15) is 19.0 Å². The third kappa shape index (κ3) is 3.87. The zero-order valence-electron chi connectivity index (χ0n) is 14.4. The van der Waals surface area contributed by atoms with E-state index in [1.54, 1.807) is 6.92 Å². The Balaban J connectivity index is 1.90. The van der Waals surface area contributed by atoms with Gasteiger partial charge in [0, 0.05) is 19.6 Å². The number of hydrogen-bond acceptors (Lipinski definition) is 6. The number of nitrogens with zero attached hydrogens (tertiary/aromatic N) is 5. The predicted octanol–water partition coefficient (Wildman–Crippen LogP) is 1.22. The molecular weight excluding hydrogens is 353 g/mol. The summed E-state index contributed by atoms with van der Waals surface area (Å²) >= 11 is 0. The van der Waals surface area contributed by atoms with Crippen molar-refractivity contribution in [1.29, 1.82) is 0 Å². The molecule has 1 atom stereocenters. The molecule has 26 heavy (non-hydrogen) atoms. The second-order valence-corrected chi connectivity index (χ2v) is 6.12. The van der Waals surface area contributed by atoms with E-state index in [4.69, 9.17) is 4.74 Å². The van der Waals surface area contributed by atoms with Crippen molar-refractivity contribution in [1.82, 2.24) is 29.7 Å². The molecule has 0 saturated carbocycles. The van der Waals surface area contributed by atoms with Gasteiger partial charge in [-0.15, -0.1) is 0 Å². The predicted molar refractivity (Wildman–Crippen MR) is 85.9 cm³/mol. The molecule has 0 aromatic carbocycles. The normalized spacial score (nSPS) is 18.4. The number of halogens is 3. The summed E-state index contributed by atoms with van der Waals surface area (Å²) in [5.41, 5.74) is 0.613.